The number of piperidine rings is 1. The van der Waals surface area contributed by atoms with Gasteiger partial charge in [-0.1, -0.05) is 12.1 Å². The van der Waals surface area contributed by atoms with Crippen LogP contribution in [0.2, 0.25) is 0 Å². The van der Waals surface area contributed by atoms with E-state index in [-0.39, 0.29) is 5.82 Å². The van der Waals surface area contributed by atoms with Crippen molar-refractivity contribution in [2.75, 3.05) is 20.2 Å². The lowest BCUT2D eigenvalue weighted by Gasteiger charge is -2.32. The van der Waals surface area contributed by atoms with E-state index in [1.807, 2.05) is 30.5 Å². The van der Waals surface area contributed by atoms with Gasteiger partial charge in [0.15, 0.2) is 0 Å². The van der Waals surface area contributed by atoms with Crippen molar-refractivity contribution in [2.24, 2.45) is 0 Å². The number of hydrogen-bond acceptors (Lipinski definition) is 4. The van der Waals surface area contributed by atoms with Crippen LogP contribution in [0.5, 0.6) is 0 Å². The molecule has 1 aliphatic rings. The van der Waals surface area contributed by atoms with Crippen molar-refractivity contribution < 1.29 is 13.5 Å². The Kier molecular flexibility index (Phi) is 5.36. The number of halogens is 1. The molecule has 0 saturated carbocycles. The van der Waals surface area contributed by atoms with Gasteiger partial charge in [0.25, 0.3) is 0 Å². The van der Waals surface area contributed by atoms with Gasteiger partial charge in [0.2, 0.25) is 0 Å². The first-order valence-corrected chi connectivity index (χ1v) is 9.31. The van der Waals surface area contributed by atoms with Crippen molar-refractivity contribution >= 4 is 0 Å². The summed E-state index contributed by atoms with van der Waals surface area (Å²) in [6, 6.07) is 10.6. The van der Waals surface area contributed by atoms with Crippen LogP contribution in [-0.2, 0) is 17.9 Å². The van der Waals surface area contributed by atoms with Crippen LogP contribution in [0.3, 0.4) is 0 Å². The maximum absolute atomic E-state index is 13.2. The number of H-pyrrole nitrogens is 1. The second-order valence-electron chi connectivity index (χ2n) is 7.08. The van der Waals surface area contributed by atoms with E-state index in [4.69, 9.17) is 9.15 Å². The van der Waals surface area contributed by atoms with Crippen LogP contribution in [-0.4, -0.2) is 35.3 Å². The second-order valence-corrected chi connectivity index (χ2v) is 7.08. The van der Waals surface area contributed by atoms with Crippen molar-refractivity contribution in [3.63, 3.8) is 0 Å². The Labute approximate surface area is 158 Å². The van der Waals surface area contributed by atoms with Crippen LogP contribution in [0.25, 0.3) is 11.1 Å². The van der Waals surface area contributed by atoms with Crippen molar-refractivity contribution in [2.45, 2.75) is 31.9 Å². The number of furan rings is 1. The number of benzene rings is 1. The van der Waals surface area contributed by atoms with Crippen LogP contribution < -0.4 is 0 Å². The monoisotopic (exact) mass is 369 g/mol. The number of nitrogens with zero attached hydrogens (tertiary/aromatic N) is 2. The number of nitrogens with one attached hydrogen (secondary N) is 1. The first kappa shape index (κ1) is 17.9. The van der Waals surface area contributed by atoms with Gasteiger partial charge in [-0.05, 0) is 49.2 Å². The lowest BCUT2D eigenvalue weighted by Crippen LogP contribution is -2.34. The minimum Gasteiger partial charge on any atom is -0.462 e. The van der Waals surface area contributed by atoms with E-state index < -0.39 is 0 Å². The predicted octanol–water partition coefficient (Wildman–Crippen LogP) is 4.33. The summed E-state index contributed by atoms with van der Waals surface area (Å²) in [6.45, 7) is 3.28. The van der Waals surface area contributed by atoms with Gasteiger partial charge >= 0.3 is 0 Å². The minimum atomic E-state index is -0.223. The molecule has 1 fully saturated rings. The van der Waals surface area contributed by atoms with Crippen LogP contribution in [0.15, 0.2) is 47.0 Å². The molecule has 6 heteroatoms. The number of ether oxygens (including phenoxy) is 1. The molecule has 3 aromatic rings. The highest BCUT2D eigenvalue weighted by Crippen LogP contribution is 2.33. The fourth-order valence-electron chi connectivity index (χ4n) is 3.85. The third kappa shape index (κ3) is 4.12. The average Bonchev–Trinajstić information content (AvgIpc) is 3.33. The highest BCUT2D eigenvalue weighted by molar-refractivity contribution is 5.65. The SMILES string of the molecule is COCc1ccc(CN2CCC[C@H](c3[nH]ncc3-c3ccc(F)cc3)C2)o1. The van der Waals surface area contributed by atoms with Gasteiger partial charge in [-0.2, -0.15) is 5.10 Å². The van der Waals surface area contributed by atoms with Crippen molar-refractivity contribution in [1.82, 2.24) is 15.1 Å². The molecule has 3 heterocycles. The molecule has 0 radical (unpaired) electrons. The van der Waals surface area contributed by atoms with Crippen LogP contribution in [0.1, 0.15) is 36.0 Å². The van der Waals surface area contributed by atoms with Gasteiger partial charge in [-0.15, -0.1) is 0 Å². The summed E-state index contributed by atoms with van der Waals surface area (Å²) in [5.41, 5.74) is 3.18. The summed E-state index contributed by atoms with van der Waals surface area (Å²) in [5, 5.41) is 7.44. The molecule has 1 N–H and O–H groups in total. The molecule has 27 heavy (non-hydrogen) atoms. The zero-order valence-electron chi connectivity index (χ0n) is 15.5. The summed E-state index contributed by atoms with van der Waals surface area (Å²) in [5.74, 6) is 1.97. The molecule has 4 rings (SSSR count). The first-order chi connectivity index (χ1) is 13.2. The zero-order valence-corrected chi connectivity index (χ0v) is 15.5. The van der Waals surface area contributed by atoms with Gasteiger partial charge in [0.1, 0.15) is 23.9 Å². The number of hydrogen-bond donors (Lipinski definition) is 1. The Balaban J connectivity index is 1.47. The Bertz CT molecular complexity index is 872. The molecule has 0 spiro atoms. The van der Waals surface area contributed by atoms with E-state index in [9.17, 15) is 4.39 Å². The van der Waals surface area contributed by atoms with E-state index in [2.05, 4.69) is 15.1 Å². The molecule has 0 amide bonds. The molecular weight excluding hydrogens is 345 g/mol. The van der Waals surface area contributed by atoms with Crippen molar-refractivity contribution in [3.05, 3.63) is 65.6 Å². The molecule has 1 atom stereocenters. The molecule has 5 nitrogen and oxygen atoms in total. The maximum atomic E-state index is 13.2. The Morgan fingerprint density at radius 2 is 2.04 bits per heavy atom. The van der Waals surface area contributed by atoms with Gasteiger partial charge in [-0.3, -0.25) is 10.00 Å². The number of rotatable bonds is 6. The van der Waals surface area contributed by atoms with Gasteiger partial charge in [0, 0.05) is 30.8 Å². The molecular formula is C21H24FN3O2. The number of methoxy groups -OCH3 is 1. The third-order valence-corrected chi connectivity index (χ3v) is 5.12. The van der Waals surface area contributed by atoms with Crippen LogP contribution >= 0.6 is 0 Å². The molecule has 1 aliphatic heterocycles. The summed E-state index contributed by atoms with van der Waals surface area (Å²) >= 11 is 0. The number of aromatic nitrogens is 2. The maximum Gasteiger partial charge on any atom is 0.129 e. The Morgan fingerprint density at radius 3 is 2.85 bits per heavy atom. The number of likely N-dealkylation sites (tertiary alicyclic amines) is 1. The third-order valence-electron chi connectivity index (χ3n) is 5.12. The van der Waals surface area contributed by atoms with Gasteiger partial charge in [-0.25, -0.2) is 4.39 Å². The van der Waals surface area contributed by atoms with Gasteiger partial charge in [0.05, 0.1) is 12.7 Å². The van der Waals surface area contributed by atoms with E-state index in [0.717, 1.165) is 60.8 Å². The molecule has 2 aromatic heterocycles. The summed E-state index contributed by atoms with van der Waals surface area (Å²) in [4.78, 5) is 2.42. The largest absolute Gasteiger partial charge is 0.462 e. The molecule has 1 saturated heterocycles. The highest BCUT2D eigenvalue weighted by atomic mass is 19.1. The molecule has 0 aliphatic carbocycles. The summed E-state index contributed by atoms with van der Waals surface area (Å²) < 4.78 is 24.2. The Morgan fingerprint density at radius 1 is 1.22 bits per heavy atom. The lowest BCUT2D eigenvalue weighted by molar-refractivity contribution is 0.153. The minimum absolute atomic E-state index is 0.223. The smallest absolute Gasteiger partial charge is 0.129 e. The molecule has 0 bridgehead atoms. The topological polar surface area (TPSA) is 54.3 Å². The van der Waals surface area contributed by atoms with E-state index in [1.54, 1.807) is 7.11 Å². The van der Waals surface area contributed by atoms with Crippen molar-refractivity contribution in [1.29, 1.82) is 0 Å². The van der Waals surface area contributed by atoms with E-state index >= 15 is 0 Å². The predicted molar refractivity (Wildman–Crippen MR) is 101 cm³/mol. The molecule has 1 aromatic carbocycles. The molecule has 0 unspecified atom stereocenters. The summed E-state index contributed by atoms with van der Waals surface area (Å²) in [6.07, 6.45) is 4.07. The first-order valence-electron chi connectivity index (χ1n) is 9.31. The molecule has 142 valence electrons. The lowest BCUT2D eigenvalue weighted by atomic mass is 9.90. The summed E-state index contributed by atoms with van der Waals surface area (Å²) in [7, 11) is 1.67. The average molecular weight is 369 g/mol. The van der Waals surface area contributed by atoms with E-state index in [1.165, 1.54) is 12.1 Å². The van der Waals surface area contributed by atoms with E-state index in [0.29, 0.717) is 12.5 Å². The second kappa shape index (κ2) is 8.06. The van der Waals surface area contributed by atoms with Crippen LogP contribution in [0, 0.1) is 5.82 Å². The Hall–Kier alpha value is -2.44. The standard InChI is InChI=1S/C21H24FN3O2/c1-26-14-19-9-8-18(27-19)13-25-10-2-3-16(12-25)21-20(11-23-24-21)15-4-6-17(22)7-5-15/h4-9,11,16H,2-3,10,12-14H2,1H3,(H,23,24)/t16-/m0/s1. The number of aromatic amines is 1. The quantitative estimate of drug-likeness (QED) is 0.702. The van der Waals surface area contributed by atoms with Crippen molar-refractivity contribution in [3.8, 4) is 11.1 Å². The highest BCUT2D eigenvalue weighted by Gasteiger charge is 2.25. The fraction of sp³-hybridized carbons (Fsp3) is 0.381. The fourth-order valence-corrected chi connectivity index (χ4v) is 3.85. The van der Waals surface area contributed by atoms with Gasteiger partial charge < -0.3 is 9.15 Å². The normalized spacial score (nSPS) is 18.1. The zero-order chi connectivity index (χ0) is 18.6. The van der Waals surface area contributed by atoms with Crippen LogP contribution in [0.4, 0.5) is 4.39 Å².